The Hall–Kier alpha value is -2.07. The lowest BCUT2D eigenvalue weighted by atomic mass is 9.74. The van der Waals surface area contributed by atoms with Crippen molar-refractivity contribution < 1.29 is 15.0 Å². The number of benzene rings is 1. The quantitative estimate of drug-likeness (QED) is 0.677. The molecule has 4 atom stereocenters. The molecule has 1 aromatic carbocycles. The SMILES string of the molecule is CC(C)NC(=O)N1CCCCN2[C@H](CO)[C@@H](c3ccc(C#C[C@@H](C)O)cc3)[C@@H]2C1. The maximum Gasteiger partial charge on any atom is 0.317 e. The van der Waals surface area contributed by atoms with Crippen LogP contribution in [0.15, 0.2) is 24.3 Å². The third-order valence-electron chi connectivity index (χ3n) is 5.79. The first kappa shape index (κ1) is 21.6. The summed E-state index contributed by atoms with van der Waals surface area (Å²) in [5, 5.41) is 22.4. The molecule has 0 saturated carbocycles. The van der Waals surface area contributed by atoms with Gasteiger partial charge in [-0.1, -0.05) is 24.0 Å². The topological polar surface area (TPSA) is 76.0 Å². The fourth-order valence-corrected chi connectivity index (χ4v) is 4.44. The highest BCUT2D eigenvalue weighted by Crippen LogP contribution is 2.41. The van der Waals surface area contributed by atoms with E-state index in [1.165, 1.54) is 0 Å². The average molecular weight is 400 g/mol. The van der Waals surface area contributed by atoms with Gasteiger partial charge in [0, 0.05) is 42.7 Å². The number of carbonyl (C=O) groups is 1. The van der Waals surface area contributed by atoms with Crippen molar-refractivity contribution in [2.24, 2.45) is 0 Å². The van der Waals surface area contributed by atoms with Gasteiger partial charge in [0.05, 0.1) is 6.61 Å². The normalized spacial score (nSPS) is 25.7. The molecule has 1 aromatic rings. The van der Waals surface area contributed by atoms with Gasteiger partial charge in [0.2, 0.25) is 0 Å². The smallest absolute Gasteiger partial charge is 0.317 e. The molecule has 3 N–H and O–H groups in total. The zero-order valence-corrected chi connectivity index (χ0v) is 17.6. The van der Waals surface area contributed by atoms with Crippen LogP contribution in [0.4, 0.5) is 4.79 Å². The first-order chi connectivity index (χ1) is 13.9. The molecule has 0 aromatic heterocycles. The molecule has 2 fully saturated rings. The van der Waals surface area contributed by atoms with E-state index in [4.69, 9.17) is 0 Å². The van der Waals surface area contributed by atoms with Crippen LogP contribution in [0, 0.1) is 11.8 Å². The summed E-state index contributed by atoms with van der Waals surface area (Å²) in [6.45, 7) is 8.11. The van der Waals surface area contributed by atoms with E-state index >= 15 is 0 Å². The van der Waals surface area contributed by atoms with Crippen molar-refractivity contribution in [3.63, 3.8) is 0 Å². The summed E-state index contributed by atoms with van der Waals surface area (Å²) in [7, 11) is 0. The number of fused-ring (bicyclic) bond motifs is 1. The Morgan fingerprint density at radius 3 is 2.52 bits per heavy atom. The second-order valence-corrected chi connectivity index (χ2v) is 8.41. The Bertz CT molecular complexity index is 751. The minimum Gasteiger partial charge on any atom is -0.395 e. The van der Waals surface area contributed by atoms with Gasteiger partial charge in [-0.25, -0.2) is 4.79 Å². The van der Waals surface area contributed by atoms with E-state index in [-0.39, 0.29) is 36.7 Å². The number of aliphatic hydroxyl groups excluding tert-OH is 2. The molecule has 3 rings (SSSR count). The number of hydrogen-bond donors (Lipinski definition) is 3. The standard InChI is InChI=1S/C23H33N3O3/c1-16(2)24-23(29)25-12-4-5-13-26-20(14-25)22(21(26)15-27)19-10-8-18(9-11-19)7-6-17(3)28/h8-11,16-17,20-22,27-28H,4-5,12-15H2,1-3H3,(H,24,29)/t17-,20+,21-,22+/m1/s1. The summed E-state index contributed by atoms with van der Waals surface area (Å²) in [4.78, 5) is 16.9. The number of aliphatic hydroxyl groups is 2. The Morgan fingerprint density at radius 2 is 1.90 bits per heavy atom. The molecule has 2 amide bonds. The summed E-state index contributed by atoms with van der Waals surface area (Å²) < 4.78 is 0. The minimum absolute atomic E-state index is 0.00297. The van der Waals surface area contributed by atoms with Gasteiger partial charge in [0.1, 0.15) is 6.10 Å². The van der Waals surface area contributed by atoms with Crippen LogP contribution in [-0.4, -0.2) is 76.5 Å². The molecule has 2 aliphatic heterocycles. The third-order valence-corrected chi connectivity index (χ3v) is 5.79. The van der Waals surface area contributed by atoms with Gasteiger partial charge in [-0.3, -0.25) is 4.90 Å². The predicted molar refractivity (Wildman–Crippen MR) is 114 cm³/mol. The molecule has 0 radical (unpaired) electrons. The van der Waals surface area contributed by atoms with Gasteiger partial charge in [-0.05, 0) is 57.9 Å². The predicted octanol–water partition coefficient (Wildman–Crippen LogP) is 1.76. The molecule has 6 nitrogen and oxygen atoms in total. The lowest BCUT2D eigenvalue weighted by Crippen LogP contribution is -2.68. The fraction of sp³-hybridized carbons (Fsp3) is 0.609. The molecule has 0 spiro atoms. The Kier molecular flexibility index (Phi) is 7.18. The first-order valence-corrected chi connectivity index (χ1v) is 10.6. The molecule has 158 valence electrons. The van der Waals surface area contributed by atoms with E-state index < -0.39 is 6.10 Å². The van der Waals surface area contributed by atoms with E-state index in [0.717, 1.165) is 37.1 Å². The number of amides is 2. The van der Waals surface area contributed by atoms with Crippen LogP contribution in [0.2, 0.25) is 0 Å². The molecular weight excluding hydrogens is 366 g/mol. The highest BCUT2D eigenvalue weighted by Gasteiger charge is 2.49. The fourth-order valence-electron chi connectivity index (χ4n) is 4.44. The van der Waals surface area contributed by atoms with Gasteiger partial charge in [0.15, 0.2) is 0 Å². The Balaban J connectivity index is 1.78. The van der Waals surface area contributed by atoms with Crippen molar-refractivity contribution in [2.45, 2.75) is 63.8 Å². The summed E-state index contributed by atoms with van der Waals surface area (Å²) in [6.07, 6.45) is 1.36. The van der Waals surface area contributed by atoms with Crippen LogP contribution >= 0.6 is 0 Å². The number of rotatable bonds is 3. The summed E-state index contributed by atoms with van der Waals surface area (Å²) >= 11 is 0. The van der Waals surface area contributed by atoms with Crippen LogP contribution in [0.3, 0.4) is 0 Å². The van der Waals surface area contributed by atoms with Crippen LogP contribution in [-0.2, 0) is 0 Å². The molecule has 29 heavy (non-hydrogen) atoms. The minimum atomic E-state index is -0.647. The molecule has 2 heterocycles. The molecule has 0 aliphatic carbocycles. The van der Waals surface area contributed by atoms with E-state index in [1.54, 1.807) is 6.92 Å². The summed E-state index contributed by atoms with van der Waals surface area (Å²) in [5.74, 6) is 5.91. The van der Waals surface area contributed by atoms with Crippen LogP contribution < -0.4 is 5.32 Å². The van der Waals surface area contributed by atoms with Crippen LogP contribution in [0.25, 0.3) is 0 Å². The average Bonchev–Trinajstić information content (AvgIpc) is 2.65. The second-order valence-electron chi connectivity index (χ2n) is 8.41. The number of nitrogens with zero attached hydrogens (tertiary/aromatic N) is 2. The van der Waals surface area contributed by atoms with Crippen LogP contribution in [0.1, 0.15) is 50.7 Å². The lowest BCUT2D eigenvalue weighted by Gasteiger charge is -2.57. The van der Waals surface area contributed by atoms with Crippen molar-refractivity contribution in [1.29, 1.82) is 0 Å². The van der Waals surface area contributed by atoms with Gasteiger partial charge >= 0.3 is 6.03 Å². The zero-order valence-electron chi connectivity index (χ0n) is 17.6. The zero-order chi connectivity index (χ0) is 21.0. The van der Waals surface area contributed by atoms with Crippen molar-refractivity contribution in [3.8, 4) is 11.8 Å². The maximum absolute atomic E-state index is 12.6. The van der Waals surface area contributed by atoms with E-state index in [1.807, 2.05) is 30.9 Å². The Labute approximate surface area is 173 Å². The van der Waals surface area contributed by atoms with Crippen molar-refractivity contribution in [3.05, 3.63) is 35.4 Å². The number of hydrogen-bond acceptors (Lipinski definition) is 4. The molecule has 6 heteroatoms. The summed E-state index contributed by atoms with van der Waals surface area (Å²) in [5.41, 5.74) is 2.03. The summed E-state index contributed by atoms with van der Waals surface area (Å²) in [6, 6.07) is 8.46. The van der Waals surface area contributed by atoms with Crippen LogP contribution in [0.5, 0.6) is 0 Å². The second kappa shape index (κ2) is 9.62. The number of urea groups is 1. The highest BCUT2D eigenvalue weighted by molar-refractivity contribution is 5.74. The van der Waals surface area contributed by atoms with E-state index in [9.17, 15) is 15.0 Å². The monoisotopic (exact) mass is 399 g/mol. The van der Waals surface area contributed by atoms with Crippen molar-refractivity contribution in [2.75, 3.05) is 26.2 Å². The molecule has 2 saturated heterocycles. The maximum atomic E-state index is 12.6. The van der Waals surface area contributed by atoms with Gasteiger partial charge < -0.3 is 20.4 Å². The van der Waals surface area contributed by atoms with Crippen molar-refractivity contribution >= 4 is 6.03 Å². The van der Waals surface area contributed by atoms with E-state index in [0.29, 0.717) is 6.54 Å². The number of nitrogens with one attached hydrogen (secondary N) is 1. The Morgan fingerprint density at radius 1 is 1.21 bits per heavy atom. The van der Waals surface area contributed by atoms with Gasteiger partial charge in [-0.2, -0.15) is 0 Å². The first-order valence-electron chi connectivity index (χ1n) is 10.6. The molecule has 2 aliphatic rings. The van der Waals surface area contributed by atoms with Gasteiger partial charge in [0.25, 0.3) is 0 Å². The molecule has 0 unspecified atom stereocenters. The highest BCUT2D eigenvalue weighted by atomic mass is 16.3. The number of carbonyl (C=O) groups excluding carboxylic acids is 1. The van der Waals surface area contributed by atoms with Gasteiger partial charge in [-0.15, -0.1) is 0 Å². The molecule has 0 bridgehead atoms. The molecular formula is C23H33N3O3. The third kappa shape index (κ3) is 5.11. The van der Waals surface area contributed by atoms with Crippen molar-refractivity contribution in [1.82, 2.24) is 15.1 Å². The largest absolute Gasteiger partial charge is 0.395 e. The lowest BCUT2D eigenvalue weighted by molar-refractivity contribution is -0.0591. The van der Waals surface area contributed by atoms with E-state index in [2.05, 4.69) is 34.2 Å².